The molecule has 1 N–H and O–H groups in total. The Balaban J connectivity index is 1.21. The van der Waals surface area contributed by atoms with Gasteiger partial charge in [0.15, 0.2) is 0 Å². The summed E-state index contributed by atoms with van der Waals surface area (Å²) in [6.45, 7) is 4.94. The van der Waals surface area contributed by atoms with Gasteiger partial charge in [0, 0.05) is 37.7 Å². The zero-order chi connectivity index (χ0) is 22.1. The van der Waals surface area contributed by atoms with Crippen LogP contribution in [0.3, 0.4) is 0 Å². The number of rotatable bonds is 6. The van der Waals surface area contributed by atoms with Crippen molar-refractivity contribution < 1.29 is 23.9 Å². The van der Waals surface area contributed by atoms with E-state index in [0.717, 1.165) is 50.5 Å². The highest BCUT2D eigenvalue weighted by atomic mass is 16.5. The number of piperidine rings is 2. The van der Waals surface area contributed by atoms with E-state index in [1.54, 1.807) is 11.0 Å². The monoisotopic (exact) mass is 441 g/mol. The highest BCUT2D eigenvalue weighted by Gasteiger charge is 2.39. The van der Waals surface area contributed by atoms with Crippen LogP contribution in [0.4, 0.5) is 0 Å². The van der Waals surface area contributed by atoms with Gasteiger partial charge in [0.1, 0.15) is 18.4 Å². The number of hydrogen-bond donors (Lipinski definition) is 1. The molecule has 3 amide bonds. The van der Waals surface area contributed by atoms with Crippen LogP contribution in [0.1, 0.15) is 54.4 Å². The number of nitrogens with one attached hydrogen (secondary N) is 1. The van der Waals surface area contributed by atoms with E-state index in [4.69, 9.17) is 9.47 Å². The van der Waals surface area contributed by atoms with Gasteiger partial charge in [-0.25, -0.2) is 0 Å². The Morgan fingerprint density at radius 2 is 2.03 bits per heavy atom. The first-order chi connectivity index (χ1) is 15.6. The van der Waals surface area contributed by atoms with Crippen molar-refractivity contribution in [2.24, 2.45) is 5.92 Å². The molecule has 172 valence electrons. The maximum absolute atomic E-state index is 12.9. The van der Waals surface area contributed by atoms with Crippen LogP contribution in [0.25, 0.3) is 0 Å². The number of fused-ring (bicyclic) bond motifs is 1. The van der Waals surface area contributed by atoms with Crippen LogP contribution < -0.4 is 10.1 Å². The van der Waals surface area contributed by atoms with E-state index in [1.165, 1.54) is 12.8 Å². The predicted molar refractivity (Wildman–Crippen MR) is 116 cm³/mol. The lowest BCUT2D eigenvalue weighted by atomic mass is 10.00. The number of ether oxygens (including phenoxy) is 2. The molecule has 1 aromatic rings. The number of nitrogens with zero attached hydrogens (tertiary/aromatic N) is 2. The average molecular weight is 442 g/mol. The van der Waals surface area contributed by atoms with Gasteiger partial charge in [0.05, 0.1) is 6.61 Å². The summed E-state index contributed by atoms with van der Waals surface area (Å²) in [4.78, 5) is 40.6. The minimum Gasteiger partial charge on any atom is -0.492 e. The summed E-state index contributed by atoms with van der Waals surface area (Å²) in [5.74, 6) is 0.571. The molecule has 8 nitrogen and oxygen atoms in total. The molecule has 4 aliphatic heterocycles. The molecule has 3 saturated heterocycles. The fraction of sp³-hybridized carbons (Fsp3) is 0.625. The highest BCUT2D eigenvalue weighted by Crippen LogP contribution is 2.30. The molecule has 3 fully saturated rings. The van der Waals surface area contributed by atoms with Gasteiger partial charge in [-0.2, -0.15) is 0 Å². The second kappa shape index (κ2) is 9.19. The summed E-state index contributed by atoms with van der Waals surface area (Å²) in [5, 5.41) is 2.34. The molecule has 0 spiro atoms. The van der Waals surface area contributed by atoms with E-state index < -0.39 is 6.04 Å². The van der Waals surface area contributed by atoms with Gasteiger partial charge < -0.3 is 14.4 Å². The van der Waals surface area contributed by atoms with Gasteiger partial charge in [-0.3, -0.25) is 24.6 Å². The third kappa shape index (κ3) is 4.38. The zero-order valence-electron chi connectivity index (χ0n) is 18.4. The number of amides is 3. The number of imide groups is 1. The molecular formula is C24H31N3O5. The van der Waals surface area contributed by atoms with Crippen molar-refractivity contribution in [3.63, 3.8) is 0 Å². The molecule has 1 aromatic carbocycles. The second-order valence-corrected chi connectivity index (χ2v) is 9.40. The SMILES string of the molecule is O=C1CCC(N2Cc3cc(OC[C@H]4CCCCN4C[C@H]4CCOC4)ccc3C2=O)C(=O)N1. The van der Waals surface area contributed by atoms with Crippen LogP contribution in [0.5, 0.6) is 5.75 Å². The molecular weight excluding hydrogens is 410 g/mol. The number of benzene rings is 1. The Bertz CT molecular complexity index is 898. The van der Waals surface area contributed by atoms with Crippen molar-refractivity contribution in [3.8, 4) is 5.75 Å². The van der Waals surface area contributed by atoms with Crippen LogP contribution in [0.2, 0.25) is 0 Å². The summed E-state index contributed by atoms with van der Waals surface area (Å²) in [6, 6.07) is 5.39. The molecule has 32 heavy (non-hydrogen) atoms. The summed E-state index contributed by atoms with van der Waals surface area (Å²) in [7, 11) is 0. The summed E-state index contributed by atoms with van der Waals surface area (Å²) >= 11 is 0. The van der Waals surface area contributed by atoms with Crippen molar-refractivity contribution in [2.75, 3.05) is 32.9 Å². The van der Waals surface area contributed by atoms with Gasteiger partial charge >= 0.3 is 0 Å². The van der Waals surface area contributed by atoms with E-state index in [-0.39, 0.29) is 24.1 Å². The first-order valence-electron chi connectivity index (χ1n) is 11.8. The normalized spacial score (nSPS) is 28.7. The third-order valence-electron chi connectivity index (χ3n) is 7.20. The van der Waals surface area contributed by atoms with Crippen molar-refractivity contribution in [3.05, 3.63) is 29.3 Å². The number of carbonyl (C=O) groups is 3. The molecule has 0 aliphatic carbocycles. The average Bonchev–Trinajstić information content (AvgIpc) is 3.41. The Labute approximate surface area is 188 Å². The molecule has 4 aliphatic rings. The topological polar surface area (TPSA) is 88.2 Å². The number of likely N-dealkylation sites (tertiary alicyclic amines) is 1. The van der Waals surface area contributed by atoms with Gasteiger partial charge in [0.2, 0.25) is 11.8 Å². The smallest absolute Gasteiger partial charge is 0.255 e. The van der Waals surface area contributed by atoms with E-state index in [9.17, 15) is 14.4 Å². The minimum atomic E-state index is -0.590. The zero-order valence-corrected chi connectivity index (χ0v) is 18.4. The van der Waals surface area contributed by atoms with Crippen LogP contribution >= 0.6 is 0 Å². The molecule has 4 heterocycles. The first kappa shape index (κ1) is 21.4. The fourth-order valence-corrected chi connectivity index (χ4v) is 5.38. The molecule has 0 radical (unpaired) electrons. The summed E-state index contributed by atoms with van der Waals surface area (Å²) < 4.78 is 11.7. The Kier molecular flexibility index (Phi) is 6.15. The van der Waals surface area contributed by atoms with E-state index in [2.05, 4.69) is 10.2 Å². The number of carbonyl (C=O) groups excluding carboxylic acids is 3. The fourth-order valence-electron chi connectivity index (χ4n) is 5.38. The molecule has 0 bridgehead atoms. The van der Waals surface area contributed by atoms with Gasteiger partial charge in [-0.15, -0.1) is 0 Å². The predicted octanol–water partition coefficient (Wildman–Crippen LogP) is 1.72. The Morgan fingerprint density at radius 1 is 1.12 bits per heavy atom. The van der Waals surface area contributed by atoms with Gasteiger partial charge in [-0.1, -0.05) is 6.42 Å². The molecule has 0 saturated carbocycles. The molecule has 5 rings (SSSR count). The Hall–Kier alpha value is -2.45. The largest absolute Gasteiger partial charge is 0.492 e. The van der Waals surface area contributed by atoms with E-state index in [0.29, 0.717) is 37.1 Å². The third-order valence-corrected chi connectivity index (χ3v) is 7.20. The van der Waals surface area contributed by atoms with Gasteiger partial charge in [0.25, 0.3) is 5.91 Å². The lowest BCUT2D eigenvalue weighted by molar-refractivity contribution is -0.136. The second-order valence-electron chi connectivity index (χ2n) is 9.40. The maximum Gasteiger partial charge on any atom is 0.255 e. The van der Waals surface area contributed by atoms with Gasteiger partial charge in [-0.05, 0) is 61.9 Å². The van der Waals surface area contributed by atoms with Crippen molar-refractivity contribution in [1.82, 2.24) is 15.1 Å². The van der Waals surface area contributed by atoms with E-state index >= 15 is 0 Å². The standard InChI is InChI=1S/C24H31N3O5/c28-22-7-6-21(23(29)25-22)27-13-17-11-19(4-5-20(17)24(27)30)32-15-18-3-1-2-9-26(18)12-16-8-10-31-14-16/h4-5,11,16,18,21H,1-3,6-10,12-15H2,(H,25,28,29)/t16-,18-,21?/m1/s1. The lowest BCUT2D eigenvalue weighted by Crippen LogP contribution is -2.52. The van der Waals surface area contributed by atoms with Crippen LogP contribution in [0.15, 0.2) is 18.2 Å². The lowest BCUT2D eigenvalue weighted by Gasteiger charge is -2.36. The summed E-state index contributed by atoms with van der Waals surface area (Å²) in [6.07, 6.45) is 5.38. The van der Waals surface area contributed by atoms with Crippen LogP contribution in [-0.4, -0.2) is 72.5 Å². The van der Waals surface area contributed by atoms with Crippen LogP contribution in [0, 0.1) is 5.92 Å². The van der Waals surface area contributed by atoms with E-state index in [1.807, 2.05) is 12.1 Å². The first-order valence-corrected chi connectivity index (χ1v) is 11.8. The van der Waals surface area contributed by atoms with Crippen molar-refractivity contribution in [1.29, 1.82) is 0 Å². The molecule has 8 heteroatoms. The van der Waals surface area contributed by atoms with Crippen molar-refractivity contribution in [2.45, 2.75) is 57.2 Å². The van der Waals surface area contributed by atoms with Crippen molar-refractivity contribution >= 4 is 17.7 Å². The number of hydrogen-bond acceptors (Lipinski definition) is 6. The van der Waals surface area contributed by atoms with Crippen LogP contribution in [-0.2, 0) is 20.9 Å². The quantitative estimate of drug-likeness (QED) is 0.677. The molecule has 1 unspecified atom stereocenters. The molecule has 0 aromatic heterocycles. The minimum absolute atomic E-state index is 0.154. The highest BCUT2D eigenvalue weighted by molar-refractivity contribution is 6.05. The summed E-state index contributed by atoms with van der Waals surface area (Å²) in [5.41, 5.74) is 1.49. The molecule has 3 atom stereocenters. The Morgan fingerprint density at radius 3 is 2.84 bits per heavy atom. The maximum atomic E-state index is 12.9.